The van der Waals surface area contributed by atoms with Gasteiger partial charge in [0.15, 0.2) is 0 Å². The second-order valence-electron chi connectivity index (χ2n) is 3.42. The summed E-state index contributed by atoms with van der Waals surface area (Å²) in [5, 5.41) is 0. The number of piperazine rings is 1. The number of methoxy groups -OCH3 is 1. The smallest absolute Gasteiger partial charge is 0.236 e. The third kappa shape index (κ3) is 5.86. The van der Waals surface area contributed by atoms with Crippen LogP contribution in [0.5, 0.6) is 0 Å². The van der Waals surface area contributed by atoms with Gasteiger partial charge in [-0.15, -0.1) is 24.8 Å². The van der Waals surface area contributed by atoms with Crippen molar-refractivity contribution in [2.75, 3.05) is 53.0 Å². The minimum Gasteiger partial charge on any atom is -0.383 e. The Labute approximate surface area is 109 Å². The van der Waals surface area contributed by atoms with Gasteiger partial charge >= 0.3 is 0 Å². The SMILES string of the molecule is COCCN1CCN(C(=O)CN)CC1.Cl.Cl. The molecule has 0 unspecified atom stereocenters. The molecule has 1 heterocycles. The van der Waals surface area contributed by atoms with E-state index in [0.717, 1.165) is 39.3 Å². The zero-order chi connectivity index (χ0) is 10.4. The Morgan fingerprint density at radius 2 is 1.81 bits per heavy atom. The Bertz CT molecular complexity index is 188. The van der Waals surface area contributed by atoms with E-state index in [0.29, 0.717) is 0 Å². The molecule has 16 heavy (non-hydrogen) atoms. The molecule has 0 spiro atoms. The molecule has 0 aromatic carbocycles. The molecule has 0 bridgehead atoms. The summed E-state index contributed by atoms with van der Waals surface area (Å²) in [5.41, 5.74) is 5.29. The van der Waals surface area contributed by atoms with E-state index in [9.17, 15) is 4.79 Å². The number of nitrogens with two attached hydrogens (primary N) is 1. The third-order valence-electron chi connectivity index (χ3n) is 2.51. The average Bonchev–Trinajstić information content (AvgIpc) is 2.26. The zero-order valence-corrected chi connectivity index (χ0v) is 11.2. The first-order valence-corrected chi connectivity index (χ1v) is 4.97. The van der Waals surface area contributed by atoms with Crippen LogP contribution in [0.1, 0.15) is 0 Å². The highest BCUT2D eigenvalue weighted by atomic mass is 35.5. The first-order chi connectivity index (χ1) is 6.77. The normalized spacial score (nSPS) is 16.2. The van der Waals surface area contributed by atoms with Gasteiger partial charge < -0.3 is 15.4 Å². The lowest BCUT2D eigenvalue weighted by Gasteiger charge is -2.34. The fourth-order valence-electron chi connectivity index (χ4n) is 1.57. The number of rotatable bonds is 4. The Kier molecular flexibility index (Phi) is 11.6. The molecule has 0 aliphatic carbocycles. The second-order valence-corrected chi connectivity index (χ2v) is 3.42. The first kappa shape index (κ1) is 18.3. The number of carbonyl (C=O) groups excluding carboxylic acids is 1. The Morgan fingerprint density at radius 1 is 1.25 bits per heavy atom. The average molecular weight is 274 g/mol. The minimum atomic E-state index is 0. The summed E-state index contributed by atoms with van der Waals surface area (Å²) in [4.78, 5) is 15.4. The fraction of sp³-hybridized carbons (Fsp3) is 0.889. The van der Waals surface area contributed by atoms with Crippen molar-refractivity contribution in [2.45, 2.75) is 0 Å². The molecule has 2 N–H and O–H groups in total. The summed E-state index contributed by atoms with van der Waals surface area (Å²) in [6.07, 6.45) is 0. The molecule has 0 saturated carbocycles. The minimum absolute atomic E-state index is 0. The molecule has 1 saturated heterocycles. The molecule has 1 aliphatic heterocycles. The molecule has 0 aromatic heterocycles. The van der Waals surface area contributed by atoms with Crippen molar-refractivity contribution < 1.29 is 9.53 Å². The predicted octanol–water partition coefficient (Wildman–Crippen LogP) is -0.421. The lowest BCUT2D eigenvalue weighted by molar-refractivity contribution is -0.131. The van der Waals surface area contributed by atoms with E-state index in [1.54, 1.807) is 7.11 Å². The highest BCUT2D eigenvalue weighted by molar-refractivity contribution is 5.85. The number of carbonyl (C=O) groups is 1. The number of hydrogen-bond donors (Lipinski definition) is 1. The second kappa shape index (κ2) is 10.1. The monoisotopic (exact) mass is 273 g/mol. The molecule has 98 valence electrons. The number of nitrogens with zero attached hydrogens (tertiary/aromatic N) is 2. The molecular formula is C9H21Cl2N3O2. The van der Waals surface area contributed by atoms with Crippen LogP contribution in [0.2, 0.25) is 0 Å². The van der Waals surface area contributed by atoms with Crippen LogP contribution in [-0.2, 0) is 9.53 Å². The Balaban J connectivity index is 0. The summed E-state index contributed by atoms with van der Waals surface area (Å²) in [6, 6.07) is 0. The highest BCUT2D eigenvalue weighted by Crippen LogP contribution is 2.00. The van der Waals surface area contributed by atoms with E-state index in [1.165, 1.54) is 0 Å². The predicted molar refractivity (Wildman–Crippen MR) is 68.4 cm³/mol. The van der Waals surface area contributed by atoms with Crippen LogP contribution in [0.25, 0.3) is 0 Å². The van der Waals surface area contributed by atoms with Crippen molar-refractivity contribution in [1.82, 2.24) is 9.80 Å². The van der Waals surface area contributed by atoms with E-state index in [4.69, 9.17) is 10.5 Å². The van der Waals surface area contributed by atoms with Gasteiger partial charge in [0.25, 0.3) is 0 Å². The summed E-state index contributed by atoms with van der Waals surface area (Å²) in [6.45, 7) is 5.26. The van der Waals surface area contributed by atoms with Crippen molar-refractivity contribution in [2.24, 2.45) is 5.73 Å². The standard InChI is InChI=1S/C9H19N3O2.2ClH/c1-14-7-6-11-2-4-12(5-3-11)9(13)8-10;;/h2-8,10H2,1H3;2*1H. The van der Waals surface area contributed by atoms with Gasteiger partial charge in [-0.05, 0) is 0 Å². The molecule has 1 amide bonds. The Morgan fingerprint density at radius 3 is 2.25 bits per heavy atom. The fourth-order valence-corrected chi connectivity index (χ4v) is 1.57. The van der Waals surface area contributed by atoms with E-state index >= 15 is 0 Å². The van der Waals surface area contributed by atoms with Crippen molar-refractivity contribution in [3.05, 3.63) is 0 Å². The molecule has 1 fully saturated rings. The topological polar surface area (TPSA) is 58.8 Å². The number of halogens is 2. The molecule has 1 rings (SSSR count). The van der Waals surface area contributed by atoms with Gasteiger partial charge in [0.05, 0.1) is 13.2 Å². The van der Waals surface area contributed by atoms with Crippen LogP contribution < -0.4 is 5.73 Å². The molecule has 0 aromatic rings. The van der Waals surface area contributed by atoms with Crippen LogP contribution in [-0.4, -0.2) is 68.7 Å². The third-order valence-corrected chi connectivity index (χ3v) is 2.51. The largest absolute Gasteiger partial charge is 0.383 e. The van der Waals surface area contributed by atoms with Gasteiger partial charge in [-0.3, -0.25) is 9.69 Å². The van der Waals surface area contributed by atoms with E-state index in [-0.39, 0.29) is 37.3 Å². The number of ether oxygens (including phenoxy) is 1. The molecular weight excluding hydrogens is 253 g/mol. The number of hydrogen-bond acceptors (Lipinski definition) is 4. The van der Waals surface area contributed by atoms with Gasteiger partial charge in [-0.1, -0.05) is 0 Å². The molecule has 0 radical (unpaired) electrons. The van der Waals surface area contributed by atoms with Crippen molar-refractivity contribution >= 4 is 30.7 Å². The van der Waals surface area contributed by atoms with Crippen LogP contribution in [0.3, 0.4) is 0 Å². The van der Waals surface area contributed by atoms with E-state index < -0.39 is 0 Å². The maximum atomic E-state index is 11.2. The molecule has 7 heteroatoms. The van der Waals surface area contributed by atoms with Crippen LogP contribution in [0, 0.1) is 0 Å². The molecule has 5 nitrogen and oxygen atoms in total. The maximum Gasteiger partial charge on any atom is 0.236 e. The van der Waals surface area contributed by atoms with Crippen LogP contribution >= 0.6 is 24.8 Å². The van der Waals surface area contributed by atoms with Gasteiger partial charge in [-0.2, -0.15) is 0 Å². The lowest BCUT2D eigenvalue weighted by atomic mass is 10.3. The van der Waals surface area contributed by atoms with Crippen molar-refractivity contribution in [3.8, 4) is 0 Å². The first-order valence-electron chi connectivity index (χ1n) is 4.97. The Hall–Kier alpha value is -0.0700. The quantitative estimate of drug-likeness (QED) is 0.756. The molecule has 1 aliphatic rings. The van der Waals surface area contributed by atoms with Crippen molar-refractivity contribution in [1.29, 1.82) is 0 Å². The van der Waals surface area contributed by atoms with E-state index in [1.807, 2.05) is 4.90 Å². The summed E-state index contributed by atoms with van der Waals surface area (Å²) in [5.74, 6) is 0.0522. The zero-order valence-electron chi connectivity index (χ0n) is 9.55. The van der Waals surface area contributed by atoms with Crippen LogP contribution in [0.15, 0.2) is 0 Å². The van der Waals surface area contributed by atoms with Gasteiger partial charge in [-0.25, -0.2) is 0 Å². The lowest BCUT2D eigenvalue weighted by Crippen LogP contribution is -2.50. The summed E-state index contributed by atoms with van der Waals surface area (Å²) < 4.78 is 5.00. The summed E-state index contributed by atoms with van der Waals surface area (Å²) >= 11 is 0. The van der Waals surface area contributed by atoms with Crippen molar-refractivity contribution in [3.63, 3.8) is 0 Å². The highest BCUT2D eigenvalue weighted by Gasteiger charge is 2.19. The summed E-state index contributed by atoms with van der Waals surface area (Å²) in [7, 11) is 1.70. The molecule has 0 atom stereocenters. The van der Waals surface area contributed by atoms with Gasteiger partial charge in [0.1, 0.15) is 0 Å². The van der Waals surface area contributed by atoms with Gasteiger partial charge in [0, 0.05) is 39.8 Å². The van der Waals surface area contributed by atoms with E-state index in [2.05, 4.69) is 4.90 Å². The van der Waals surface area contributed by atoms with Crippen LogP contribution in [0.4, 0.5) is 0 Å². The maximum absolute atomic E-state index is 11.2. The number of amides is 1. The van der Waals surface area contributed by atoms with Gasteiger partial charge in [0.2, 0.25) is 5.91 Å².